The van der Waals surface area contributed by atoms with Gasteiger partial charge in [0.05, 0.1) is 16.8 Å². The van der Waals surface area contributed by atoms with Gasteiger partial charge in [0.2, 0.25) is 0 Å². The predicted molar refractivity (Wildman–Crippen MR) is 100 cm³/mol. The number of thioether (sulfide) groups is 1. The second kappa shape index (κ2) is 7.52. The zero-order chi connectivity index (χ0) is 20.6. The molecule has 1 N–H and O–H groups in total. The molecule has 4 nitrogen and oxygen atoms in total. The molecule has 0 aromatic heterocycles. The highest BCUT2D eigenvalue weighted by molar-refractivity contribution is 8.13. The van der Waals surface area contributed by atoms with Crippen LogP contribution < -0.4 is 0 Å². The number of alkyl halides is 3. The average molecular weight is 402 g/mol. The Morgan fingerprint density at radius 3 is 2.26 bits per heavy atom. The number of rotatable bonds is 4. The highest BCUT2D eigenvalue weighted by Crippen LogP contribution is 2.40. The van der Waals surface area contributed by atoms with Crippen LogP contribution in [0.1, 0.15) is 45.7 Å². The van der Waals surface area contributed by atoms with E-state index in [1.807, 2.05) is 27.7 Å². The Morgan fingerprint density at radius 1 is 1.22 bits per heavy atom. The van der Waals surface area contributed by atoms with Crippen LogP contribution in [0.3, 0.4) is 0 Å². The average Bonchev–Trinajstić information content (AvgIpc) is 2.72. The summed E-state index contributed by atoms with van der Waals surface area (Å²) >= 11 is 0.990. The van der Waals surface area contributed by atoms with Crippen molar-refractivity contribution in [1.82, 2.24) is 0 Å². The summed E-state index contributed by atoms with van der Waals surface area (Å²) in [4.78, 5) is 11.4. The number of phenols is 1. The molecule has 1 fully saturated rings. The Balaban J connectivity index is 2.45. The van der Waals surface area contributed by atoms with E-state index in [1.165, 1.54) is 13.0 Å². The molecule has 148 valence electrons. The maximum atomic E-state index is 13.0. The van der Waals surface area contributed by atoms with E-state index in [2.05, 4.69) is 0 Å². The molecule has 9 heteroatoms. The van der Waals surface area contributed by atoms with E-state index in [0.29, 0.717) is 5.47 Å². The van der Waals surface area contributed by atoms with Gasteiger partial charge in [0.25, 0.3) is 0 Å². The van der Waals surface area contributed by atoms with E-state index >= 15 is 0 Å². The molecule has 0 aliphatic carbocycles. The summed E-state index contributed by atoms with van der Waals surface area (Å²) in [5.74, 6) is -0.133. The summed E-state index contributed by atoms with van der Waals surface area (Å²) in [6, 6.07) is 2.67. The third-order valence-corrected chi connectivity index (χ3v) is 5.58. The Hall–Kier alpha value is -1.45. The molecule has 0 spiro atoms. The van der Waals surface area contributed by atoms with Gasteiger partial charge >= 0.3 is 13.3 Å². The molecule has 1 aromatic carbocycles. The minimum atomic E-state index is -4.53. The summed E-state index contributed by atoms with van der Waals surface area (Å²) in [6.45, 7) is 8.80. The minimum Gasteiger partial charge on any atom is -0.507 e. The van der Waals surface area contributed by atoms with Crippen LogP contribution in [0.5, 0.6) is 5.75 Å². The molecule has 1 aliphatic heterocycles. The van der Waals surface area contributed by atoms with Crippen LogP contribution in [0.25, 0.3) is 6.08 Å². The first kappa shape index (κ1) is 21.9. The quantitative estimate of drug-likeness (QED) is 0.740. The van der Waals surface area contributed by atoms with Crippen molar-refractivity contribution < 1.29 is 32.4 Å². The second-order valence-electron chi connectivity index (χ2n) is 7.36. The monoisotopic (exact) mass is 402 g/mol. The van der Waals surface area contributed by atoms with Gasteiger partial charge in [-0.1, -0.05) is 17.8 Å². The van der Waals surface area contributed by atoms with Gasteiger partial charge in [-0.25, -0.2) is 0 Å². The SMILES string of the molecule is CC(=O)SCC(=Cc1cc(C(F)(F)F)ccc1O)B1OC(C)(C)C(C)(C)O1. The molecule has 0 bridgehead atoms. The molecule has 1 saturated heterocycles. The van der Waals surface area contributed by atoms with E-state index in [1.54, 1.807) is 0 Å². The van der Waals surface area contributed by atoms with Crippen molar-refractivity contribution in [2.75, 3.05) is 5.75 Å². The smallest absolute Gasteiger partial charge is 0.491 e. The molecule has 0 unspecified atom stereocenters. The van der Waals surface area contributed by atoms with Crippen LogP contribution in [0.15, 0.2) is 23.7 Å². The zero-order valence-electron chi connectivity index (χ0n) is 15.8. The van der Waals surface area contributed by atoms with Gasteiger partial charge in [0, 0.05) is 18.2 Å². The first-order chi connectivity index (χ1) is 12.2. The number of benzene rings is 1. The predicted octanol–water partition coefficient (Wildman–Crippen LogP) is 4.71. The highest BCUT2D eigenvalue weighted by atomic mass is 32.2. The van der Waals surface area contributed by atoms with Crippen LogP contribution in [0, 0.1) is 0 Å². The number of phenolic OH excluding ortho intramolecular Hbond substituents is 1. The molecule has 0 amide bonds. The largest absolute Gasteiger partial charge is 0.507 e. The summed E-state index contributed by atoms with van der Waals surface area (Å²) in [5.41, 5.74) is -1.72. The number of halogens is 3. The molecular formula is C18H22BF3O4S. The molecular weight excluding hydrogens is 380 g/mol. The van der Waals surface area contributed by atoms with Gasteiger partial charge < -0.3 is 14.4 Å². The van der Waals surface area contributed by atoms with Crippen molar-refractivity contribution >= 4 is 30.1 Å². The lowest BCUT2D eigenvalue weighted by molar-refractivity contribution is -0.137. The lowest BCUT2D eigenvalue weighted by atomic mass is 9.78. The van der Waals surface area contributed by atoms with Crippen molar-refractivity contribution in [1.29, 1.82) is 0 Å². The van der Waals surface area contributed by atoms with Crippen LogP contribution in [-0.2, 0) is 20.3 Å². The van der Waals surface area contributed by atoms with Crippen molar-refractivity contribution in [2.45, 2.75) is 52.0 Å². The summed E-state index contributed by atoms with van der Waals surface area (Å²) < 4.78 is 50.9. The van der Waals surface area contributed by atoms with Gasteiger partial charge in [0.15, 0.2) is 5.12 Å². The van der Waals surface area contributed by atoms with Crippen LogP contribution >= 0.6 is 11.8 Å². The Morgan fingerprint density at radius 2 is 1.78 bits per heavy atom. The van der Waals surface area contributed by atoms with E-state index in [9.17, 15) is 23.1 Å². The third kappa shape index (κ3) is 5.09. The van der Waals surface area contributed by atoms with Crippen molar-refractivity contribution in [3.8, 4) is 5.75 Å². The fourth-order valence-electron chi connectivity index (χ4n) is 2.40. The molecule has 0 atom stereocenters. The van der Waals surface area contributed by atoms with Gasteiger partial charge in [-0.05, 0) is 51.4 Å². The van der Waals surface area contributed by atoms with E-state index < -0.39 is 30.1 Å². The van der Waals surface area contributed by atoms with Crippen LogP contribution in [-0.4, -0.2) is 34.3 Å². The highest BCUT2D eigenvalue weighted by Gasteiger charge is 2.52. The molecule has 27 heavy (non-hydrogen) atoms. The van der Waals surface area contributed by atoms with Crippen LogP contribution in [0.4, 0.5) is 13.2 Å². The first-order valence-corrected chi connectivity index (χ1v) is 9.31. The molecule has 0 radical (unpaired) electrons. The zero-order valence-corrected chi connectivity index (χ0v) is 16.6. The Kier molecular flexibility index (Phi) is 6.09. The van der Waals surface area contributed by atoms with Crippen molar-refractivity contribution in [3.05, 3.63) is 34.8 Å². The van der Waals surface area contributed by atoms with Gasteiger partial charge in [-0.3, -0.25) is 4.79 Å². The summed E-state index contributed by atoms with van der Waals surface area (Å²) in [6.07, 6.45) is -3.14. The summed E-state index contributed by atoms with van der Waals surface area (Å²) in [7, 11) is -0.837. The normalized spacial score (nSPS) is 19.4. The number of carbonyl (C=O) groups excluding carboxylic acids is 1. The van der Waals surface area contributed by atoms with Gasteiger partial charge in [0.1, 0.15) is 5.75 Å². The molecule has 1 heterocycles. The summed E-state index contributed by atoms with van der Waals surface area (Å²) in [5, 5.41) is 9.86. The fraction of sp³-hybridized carbons (Fsp3) is 0.500. The molecule has 0 saturated carbocycles. The Labute approximate surface area is 161 Å². The lowest BCUT2D eigenvalue weighted by Crippen LogP contribution is -2.41. The standard InChI is InChI=1S/C18H22BF3O4S/c1-11(23)27-10-14(19-25-16(2,3)17(4,5)26-19)9-12-8-13(18(20,21)22)6-7-15(12)24/h6-9,24H,10H2,1-5H3. The number of aromatic hydroxyl groups is 1. The van der Waals surface area contributed by atoms with E-state index in [-0.39, 0.29) is 22.2 Å². The minimum absolute atomic E-state index is 0.0151. The first-order valence-electron chi connectivity index (χ1n) is 8.32. The second-order valence-corrected chi connectivity index (χ2v) is 8.51. The third-order valence-electron chi connectivity index (χ3n) is 4.69. The van der Waals surface area contributed by atoms with Gasteiger partial charge in [-0.2, -0.15) is 13.2 Å². The molecule has 2 rings (SSSR count). The fourth-order valence-corrected chi connectivity index (χ4v) is 2.99. The van der Waals surface area contributed by atoms with Crippen LogP contribution in [0.2, 0.25) is 0 Å². The molecule has 1 aliphatic rings. The Bertz CT molecular complexity index is 743. The van der Waals surface area contributed by atoms with E-state index in [4.69, 9.17) is 9.31 Å². The number of carbonyl (C=O) groups is 1. The maximum absolute atomic E-state index is 13.0. The lowest BCUT2D eigenvalue weighted by Gasteiger charge is -2.32. The number of hydrogen-bond acceptors (Lipinski definition) is 5. The molecule has 1 aromatic rings. The van der Waals surface area contributed by atoms with Crippen molar-refractivity contribution in [3.63, 3.8) is 0 Å². The van der Waals surface area contributed by atoms with E-state index in [0.717, 1.165) is 30.0 Å². The number of hydrogen-bond donors (Lipinski definition) is 1. The van der Waals surface area contributed by atoms with Crippen molar-refractivity contribution in [2.24, 2.45) is 0 Å². The maximum Gasteiger partial charge on any atom is 0.491 e. The topological polar surface area (TPSA) is 55.8 Å². The van der Waals surface area contributed by atoms with Gasteiger partial charge in [-0.15, -0.1) is 0 Å².